The van der Waals surface area contributed by atoms with Gasteiger partial charge in [-0.15, -0.1) is 0 Å². The summed E-state index contributed by atoms with van der Waals surface area (Å²) in [6.45, 7) is 3.58. The van der Waals surface area contributed by atoms with Crippen LogP contribution in [0.1, 0.15) is 41.4 Å². The first-order chi connectivity index (χ1) is 14.3. The number of rotatable bonds is 7. The molecule has 1 atom stereocenters. The van der Waals surface area contributed by atoms with Gasteiger partial charge in [0.25, 0.3) is 0 Å². The standard InChI is InChI=1S/C22H21ClFNO5/c1-3-30-19-9-18-15(8-14(19)7-13-5-4-6-17(23)20(13)24)21(27)16(22(28)29)10-25(18)12(2)11-26/h4-6,8-10,12,26H,3,7,11H2,1-2H3,(H,28,29)/t12-/m0/s1. The van der Waals surface area contributed by atoms with Gasteiger partial charge in [0.2, 0.25) is 5.43 Å². The highest BCUT2D eigenvalue weighted by Gasteiger charge is 2.20. The fraction of sp³-hybridized carbons (Fsp3) is 0.273. The third-order valence-corrected chi connectivity index (χ3v) is 5.19. The maximum absolute atomic E-state index is 14.4. The Morgan fingerprint density at radius 3 is 2.67 bits per heavy atom. The number of aromatic nitrogens is 1. The quantitative estimate of drug-likeness (QED) is 0.587. The van der Waals surface area contributed by atoms with Crippen LogP contribution in [0.5, 0.6) is 5.75 Å². The molecule has 1 aromatic heterocycles. The minimum Gasteiger partial charge on any atom is -0.494 e. The second-order valence-corrected chi connectivity index (χ2v) is 7.32. The molecule has 0 fully saturated rings. The first kappa shape index (κ1) is 21.8. The highest BCUT2D eigenvalue weighted by atomic mass is 35.5. The summed E-state index contributed by atoms with van der Waals surface area (Å²) in [7, 11) is 0. The Bertz CT molecular complexity index is 1170. The van der Waals surface area contributed by atoms with Crippen molar-refractivity contribution in [3.05, 3.63) is 74.3 Å². The van der Waals surface area contributed by atoms with Gasteiger partial charge in [0.05, 0.1) is 29.8 Å². The van der Waals surface area contributed by atoms with Crippen molar-refractivity contribution in [2.24, 2.45) is 0 Å². The third-order valence-electron chi connectivity index (χ3n) is 4.90. The predicted octanol–water partition coefficient (Wildman–Crippen LogP) is 4.04. The summed E-state index contributed by atoms with van der Waals surface area (Å²) in [5.74, 6) is -1.49. The molecule has 6 nitrogen and oxygen atoms in total. The molecule has 0 aliphatic rings. The van der Waals surface area contributed by atoms with Crippen molar-refractivity contribution in [1.82, 2.24) is 4.57 Å². The second-order valence-electron chi connectivity index (χ2n) is 6.92. The lowest BCUT2D eigenvalue weighted by atomic mass is 10.00. The molecular formula is C22H21ClFNO5. The molecule has 30 heavy (non-hydrogen) atoms. The van der Waals surface area contributed by atoms with Gasteiger partial charge in [-0.1, -0.05) is 23.7 Å². The van der Waals surface area contributed by atoms with Gasteiger partial charge in [-0.2, -0.15) is 0 Å². The Morgan fingerprint density at radius 1 is 1.30 bits per heavy atom. The zero-order chi connectivity index (χ0) is 22.0. The minimum atomic E-state index is -1.36. The number of aliphatic hydroxyl groups is 1. The van der Waals surface area contributed by atoms with E-state index in [4.69, 9.17) is 16.3 Å². The number of hydrogen-bond donors (Lipinski definition) is 2. The van der Waals surface area contributed by atoms with Gasteiger partial charge in [-0.25, -0.2) is 9.18 Å². The lowest BCUT2D eigenvalue weighted by Crippen LogP contribution is -2.22. The number of aliphatic hydroxyl groups excluding tert-OH is 1. The number of benzene rings is 2. The fourth-order valence-electron chi connectivity index (χ4n) is 3.34. The zero-order valence-electron chi connectivity index (χ0n) is 16.5. The highest BCUT2D eigenvalue weighted by Crippen LogP contribution is 2.30. The van der Waals surface area contributed by atoms with Crippen LogP contribution < -0.4 is 10.2 Å². The van der Waals surface area contributed by atoms with E-state index >= 15 is 0 Å². The molecule has 0 amide bonds. The number of ether oxygens (including phenoxy) is 1. The molecule has 2 aromatic carbocycles. The monoisotopic (exact) mass is 433 g/mol. The van der Waals surface area contributed by atoms with E-state index in [1.807, 2.05) is 0 Å². The van der Waals surface area contributed by atoms with E-state index in [1.165, 1.54) is 22.9 Å². The number of hydrogen-bond acceptors (Lipinski definition) is 4. The largest absolute Gasteiger partial charge is 0.494 e. The normalized spacial score (nSPS) is 12.2. The van der Waals surface area contributed by atoms with Gasteiger partial charge in [-0.05, 0) is 37.1 Å². The molecule has 0 saturated heterocycles. The lowest BCUT2D eigenvalue weighted by molar-refractivity contribution is 0.0694. The van der Waals surface area contributed by atoms with Gasteiger partial charge in [0.15, 0.2) is 0 Å². The van der Waals surface area contributed by atoms with Crippen LogP contribution >= 0.6 is 11.6 Å². The Hall–Kier alpha value is -2.90. The Morgan fingerprint density at radius 2 is 2.03 bits per heavy atom. The van der Waals surface area contributed by atoms with Gasteiger partial charge in [-0.3, -0.25) is 4.79 Å². The molecule has 0 aliphatic carbocycles. The van der Waals surface area contributed by atoms with E-state index < -0.39 is 28.8 Å². The van der Waals surface area contributed by atoms with Crippen molar-refractivity contribution in [2.75, 3.05) is 13.2 Å². The van der Waals surface area contributed by atoms with Crippen molar-refractivity contribution < 1.29 is 24.1 Å². The summed E-state index contributed by atoms with van der Waals surface area (Å²) >= 11 is 5.88. The summed E-state index contributed by atoms with van der Waals surface area (Å²) in [5, 5.41) is 19.2. The van der Waals surface area contributed by atoms with E-state index in [9.17, 15) is 24.2 Å². The van der Waals surface area contributed by atoms with Crippen molar-refractivity contribution in [2.45, 2.75) is 26.3 Å². The molecule has 0 spiro atoms. The zero-order valence-corrected chi connectivity index (χ0v) is 17.2. The number of fused-ring (bicyclic) bond motifs is 1. The predicted molar refractivity (Wildman–Crippen MR) is 112 cm³/mol. The number of carboxylic acids is 1. The van der Waals surface area contributed by atoms with Crippen LogP contribution in [0.15, 0.2) is 41.3 Å². The Kier molecular flexibility index (Phi) is 6.43. The van der Waals surface area contributed by atoms with Crippen LogP contribution in [-0.4, -0.2) is 34.0 Å². The molecule has 0 unspecified atom stereocenters. The number of nitrogens with zero attached hydrogens (tertiary/aromatic N) is 1. The number of pyridine rings is 1. The maximum Gasteiger partial charge on any atom is 0.341 e. The summed E-state index contributed by atoms with van der Waals surface area (Å²) in [6, 6.07) is 7.32. The first-order valence-electron chi connectivity index (χ1n) is 9.40. The second kappa shape index (κ2) is 8.85. The maximum atomic E-state index is 14.4. The summed E-state index contributed by atoms with van der Waals surface area (Å²) in [6.07, 6.45) is 1.32. The van der Waals surface area contributed by atoms with Crippen LogP contribution in [0.25, 0.3) is 10.9 Å². The van der Waals surface area contributed by atoms with Crippen LogP contribution in [0.4, 0.5) is 4.39 Å². The Balaban J connectivity index is 2.31. The van der Waals surface area contributed by atoms with Gasteiger partial charge < -0.3 is 19.5 Å². The molecule has 2 N–H and O–H groups in total. The van der Waals surface area contributed by atoms with Crippen LogP contribution in [0.2, 0.25) is 5.02 Å². The molecule has 158 valence electrons. The molecule has 8 heteroatoms. The van der Waals surface area contributed by atoms with Gasteiger partial charge in [0, 0.05) is 24.1 Å². The molecule has 0 bridgehead atoms. The molecule has 0 aliphatic heterocycles. The minimum absolute atomic E-state index is 0.0152. The van der Waals surface area contributed by atoms with Crippen molar-refractivity contribution in [3.8, 4) is 5.75 Å². The van der Waals surface area contributed by atoms with E-state index in [0.717, 1.165) is 0 Å². The molecular weight excluding hydrogens is 413 g/mol. The fourth-order valence-corrected chi connectivity index (χ4v) is 3.54. The van der Waals surface area contributed by atoms with Crippen molar-refractivity contribution in [3.63, 3.8) is 0 Å². The molecule has 0 saturated carbocycles. The average molecular weight is 434 g/mol. The molecule has 1 heterocycles. The molecule has 3 aromatic rings. The number of carboxylic acid groups (broad SMARTS) is 1. The van der Waals surface area contributed by atoms with E-state index in [-0.39, 0.29) is 23.4 Å². The topological polar surface area (TPSA) is 88.8 Å². The SMILES string of the molecule is CCOc1cc2c(cc1Cc1cccc(Cl)c1F)c(=O)c(C(=O)O)cn2[C@@H](C)CO. The summed E-state index contributed by atoms with van der Waals surface area (Å²) in [4.78, 5) is 24.4. The highest BCUT2D eigenvalue weighted by molar-refractivity contribution is 6.30. The lowest BCUT2D eigenvalue weighted by Gasteiger charge is -2.20. The third kappa shape index (κ3) is 4.04. The summed E-state index contributed by atoms with van der Waals surface area (Å²) in [5.41, 5.74) is 0.196. The van der Waals surface area contributed by atoms with Crippen molar-refractivity contribution >= 4 is 28.5 Å². The van der Waals surface area contributed by atoms with Crippen LogP contribution in [0.3, 0.4) is 0 Å². The van der Waals surface area contributed by atoms with E-state index in [1.54, 1.807) is 32.0 Å². The van der Waals surface area contributed by atoms with Gasteiger partial charge in [0.1, 0.15) is 17.1 Å². The van der Waals surface area contributed by atoms with Gasteiger partial charge >= 0.3 is 5.97 Å². The average Bonchev–Trinajstić information content (AvgIpc) is 2.72. The first-order valence-corrected chi connectivity index (χ1v) is 9.77. The smallest absolute Gasteiger partial charge is 0.341 e. The van der Waals surface area contributed by atoms with E-state index in [2.05, 4.69) is 0 Å². The van der Waals surface area contributed by atoms with Crippen LogP contribution in [0, 0.1) is 5.82 Å². The summed E-state index contributed by atoms with van der Waals surface area (Å²) < 4.78 is 21.7. The number of halogens is 2. The van der Waals surface area contributed by atoms with Crippen LogP contribution in [-0.2, 0) is 6.42 Å². The number of carbonyl (C=O) groups is 1. The van der Waals surface area contributed by atoms with Crippen molar-refractivity contribution in [1.29, 1.82) is 0 Å². The molecule has 3 rings (SSSR count). The molecule has 0 radical (unpaired) electrons. The Labute approximate surface area is 177 Å². The van der Waals surface area contributed by atoms with E-state index in [0.29, 0.717) is 29.0 Å². The number of aromatic carboxylic acids is 1.